The lowest BCUT2D eigenvalue weighted by Gasteiger charge is -2.32. The summed E-state index contributed by atoms with van der Waals surface area (Å²) in [5.41, 5.74) is 5.03. The summed E-state index contributed by atoms with van der Waals surface area (Å²) >= 11 is 0. The SMILES string of the molecule is CCC(C)C(C)(N)c1c(F)cccc1F. The van der Waals surface area contributed by atoms with Crippen LogP contribution in [0.4, 0.5) is 8.78 Å². The molecule has 1 aromatic rings. The summed E-state index contributed by atoms with van der Waals surface area (Å²) in [7, 11) is 0. The summed E-state index contributed by atoms with van der Waals surface area (Å²) in [5.74, 6) is -1.12. The van der Waals surface area contributed by atoms with E-state index in [-0.39, 0.29) is 11.5 Å². The van der Waals surface area contributed by atoms with Gasteiger partial charge in [-0.1, -0.05) is 26.3 Å². The lowest BCUT2D eigenvalue weighted by Crippen LogP contribution is -2.41. The molecule has 0 heterocycles. The van der Waals surface area contributed by atoms with Gasteiger partial charge in [0.15, 0.2) is 0 Å². The summed E-state index contributed by atoms with van der Waals surface area (Å²) in [6.45, 7) is 5.52. The smallest absolute Gasteiger partial charge is 0.131 e. The van der Waals surface area contributed by atoms with E-state index in [2.05, 4.69) is 0 Å². The molecule has 0 bridgehead atoms. The molecular weight excluding hydrogens is 196 g/mol. The molecule has 1 rings (SSSR count). The van der Waals surface area contributed by atoms with E-state index < -0.39 is 17.2 Å². The van der Waals surface area contributed by atoms with Crippen molar-refractivity contribution in [3.05, 3.63) is 35.4 Å². The molecule has 2 N–H and O–H groups in total. The maximum atomic E-state index is 13.5. The molecule has 0 fully saturated rings. The molecule has 0 spiro atoms. The maximum Gasteiger partial charge on any atom is 0.131 e. The molecule has 15 heavy (non-hydrogen) atoms. The molecule has 0 saturated carbocycles. The van der Waals surface area contributed by atoms with Gasteiger partial charge in [0.2, 0.25) is 0 Å². The highest BCUT2D eigenvalue weighted by Crippen LogP contribution is 2.32. The quantitative estimate of drug-likeness (QED) is 0.819. The first-order valence-corrected chi connectivity index (χ1v) is 5.14. The van der Waals surface area contributed by atoms with Crippen LogP contribution in [0.5, 0.6) is 0 Å². The highest BCUT2D eigenvalue weighted by atomic mass is 19.1. The van der Waals surface area contributed by atoms with E-state index in [0.717, 1.165) is 6.42 Å². The third kappa shape index (κ3) is 2.17. The van der Waals surface area contributed by atoms with Gasteiger partial charge in [-0.25, -0.2) is 8.78 Å². The Bertz CT molecular complexity index is 327. The molecule has 0 aromatic heterocycles. The average molecular weight is 213 g/mol. The highest BCUT2D eigenvalue weighted by Gasteiger charge is 2.32. The van der Waals surface area contributed by atoms with E-state index in [0.29, 0.717) is 0 Å². The topological polar surface area (TPSA) is 26.0 Å². The molecule has 0 aliphatic heterocycles. The van der Waals surface area contributed by atoms with Crippen LogP contribution in [-0.4, -0.2) is 0 Å². The van der Waals surface area contributed by atoms with E-state index in [1.54, 1.807) is 6.92 Å². The molecule has 0 saturated heterocycles. The second kappa shape index (κ2) is 4.27. The number of hydrogen-bond donors (Lipinski definition) is 1. The molecule has 0 aliphatic carbocycles. The highest BCUT2D eigenvalue weighted by molar-refractivity contribution is 5.27. The van der Waals surface area contributed by atoms with Crippen LogP contribution in [0.1, 0.15) is 32.8 Å². The van der Waals surface area contributed by atoms with Gasteiger partial charge in [0.25, 0.3) is 0 Å². The van der Waals surface area contributed by atoms with Crippen LogP contribution < -0.4 is 5.73 Å². The molecule has 2 unspecified atom stereocenters. The van der Waals surface area contributed by atoms with Crippen molar-refractivity contribution in [3.8, 4) is 0 Å². The van der Waals surface area contributed by atoms with Gasteiger partial charge in [-0.3, -0.25) is 0 Å². The minimum Gasteiger partial charge on any atom is -0.321 e. The van der Waals surface area contributed by atoms with Crippen molar-refractivity contribution < 1.29 is 8.78 Å². The number of rotatable bonds is 3. The zero-order chi connectivity index (χ0) is 11.6. The van der Waals surface area contributed by atoms with Gasteiger partial charge in [-0.05, 0) is 25.0 Å². The van der Waals surface area contributed by atoms with Crippen molar-refractivity contribution in [3.63, 3.8) is 0 Å². The fourth-order valence-electron chi connectivity index (χ4n) is 1.68. The number of benzene rings is 1. The average Bonchev–Trinajstić information content (AvgIpc) is 2.15. The minimum absolute atomic E-state index is 0.0145. The molecule has 3 heteroatoms. The van der Waals surface area contributed by atoms with Crippen LogP contribution in [0.25, 0.3) is 0 Å². The first-order valence-electron chi connectivity index (χ1n) is 5.14. The van der Waals surface area contributed by atoms with Crippen molar-refractivity contribution >= 4 is 0 Å². The normalized spacial score (nSPS) is 17.2. The number of nitrogens with two attached hydrogens (primary N) is 1. The van der Waals surface area contributed by atoms with E-state index in [1.165, 1.54) is 18.2 Å². The molecule has 0 aliphatic rings. The van der Waals surface area contributed by atoms with Crippen LogP contribution in [0.3, 0.4) is 0 Å². The summed E-state index contributed by atoms with van der Waals surface area (Å²) in [4.78, 5) is 0. The zero-order valence-electron chi connectivity index (χ0n) is 9.35. The lowest BCUT2D eigenvalue weighted by atomic mass is 9.79. The van der Waals surface area contributed by atoms with Gasteiger partial charge >= 0.3 is 0 Å². The largest absolute Gasteiger partial charge is 0.321 e. The van der Waals surface area contributed by atoms with Crippen molar-refractivity contribution in [2.75, 3.05) is 0 Å². The second-order valence-electron chi connectivity index (χ2n) is 4.19. The van der Waals surface area contributed by atoms with Gasteiger partial charge in [-0.2, -0.15) is 0 Å². The first-order chi connectivity index (χ1) is 6.91. The Balaban J connectivity index is 3.25. The van der Waals surface area contributed by atoms with E-state index >= 15 is 0 Å². The monoisotopic (exact) mass is 213 g/mol. The van der Waals surface area contributed by atoms with Gasteiger partial charge < -0.3 is 5.73 Å². The first kappa shape index (κ1) is 12.1. The maximum absolute atomic E-state index is 13.5. The standard InChI is InChI=1S/C12H17F2N/c1-4-8(2)12(3,15)11-9(13)6-5-7-10(11)14/h5-8H,4,15H2,1-3H3. The third-order valence-electron chi connectivity index (χ3n) is 3.14. The predicted octanol–water partition coefficient (Wildman–Crippen LogP) is 3.18. The van der Waals surface area contributed by atoms with Crippen molar-refractivity contribution in [2.24, 2.45) is 11.7 Å². The minimum atomic E-state index is -0.968. The fourth-order valence-corrected chi connectivity index (χ4v) is 1.68. The Hall–Kier alpha value is -0.960. The van der Waals surface area contributed by atoms with Crippen molar-refractivity contribution in [1.82, 2.24) is 0 Å². The summed E-state index contributed by atoms with van der Waals surface area (Å²) < 4.78 is 27.0. The van der Waals surface area contributed by atoms with Crippen LogP contribution in [0.15, 0.2) is 18.2 Å². The van der Waals surface area contributed by atoms with Gasteiger partial charge in [-0.15, -0.1) is 0 Å². The van der Waals surface area contributed by atoms with E-state index in [4.69, 9.17) is 5.73 Å². The molecule has 2 atom stereocenters. The molecule has 1 aromatic carbocycles. The third-order valence-corrected chi connectivity index (χ3v) is 3.14. The van der Waals surface area contributed by atoms with Gasteiger partial charge in [0, 0.05) is 11.1 Å². The molecule has 0 amide bonds. The van der Waals surface area contributed by atoms with E-state index in [1.807, 2.05) is 13.8 Å². The summed E-state index contributed by atoms with van der Waals surface area (Å²) in [6, 6.07) is 3.83. The lowest BCUT2D eigenvalue weighted by molar-refractivity contribution is 0.294. The van der Waals surface area contributed by atoms with E-state index in [9.17, 15) is 8.78 Å². The van der Waals surface area contributed by atoms with Crippen LogP contribution in [0.2, 0.25) is 0 Å². The van der Waals surface area contributed by atoms with Crippen LogP contribution in [0, 0.1) is 17.6 Å². The fraction of sp³-hybridized carbons (Fsp3) is 0.500. The van der Waals surface area contributed by atoms with Crippen molar-refractivity contribution in [1.29, 1.82) is 0 Å². The van der Waals surface area contributed by atoms with Gasteiger partial charge in [0.1, 0.15) is 11.6 Å². The Morgan fingerprint density at radius 2 is 1.80 bits per heavy atom. The predicted molar refractivity (Wildman–Crippen MR) is 57.4 cm³/mol. The Kier molecular flexibility index (Phi) is 3.45. The van der Waals surface area contributed by atoms with Gasteiger partial charge in [0.05, 0.1) is 0 Å². The molecule has 0 radical (unpaired) electrons. The molecular formula is C12H17F2N. The number of halogens is 2. The Morgan fingerprint density at radius 1 is 1.33 bits per heavy atom. The second-order valence-corrected chi connectivity index (χ2v) is 4.19. The van der Waals surface area contributed by atoms with Crippen LogP contribution >= 0.6 is 0 Å². The zero-order valence-corrected chi connectivity index (χ0v) is 9.35. The molecule has 84 valence electrons. The Labute approximate surface area is 89.3 Å². The van der Waals surface area contributed by atoms with Crippen LogP contribution in [-0.2, 0) is 5.54 Å². The summed E-state index contributed by atoms with van der Waals surface area (Å²) in [5, 5.41) is 0. The Morgan fingerprint density at radius 3 is 2.20 bits per heavy atom. The molecule has 1 nitrogen and oxygen atoms in total. The van der Waals surface area contributed by atoms with Crippen molar-refractivity contribution in [2.45, 2.75) is 32.7 Å². The number of hydrogen-bond acceptors (Lipinski definition) is 1. The summed E-state index contributed by atoms with van der Waals surface area (Å²) in [6.07, 6.45) is 0.779.